The number of aromatic nitrogens is 1. The summed E-state index contributed by atoms with van der Waals surface area (Å²) in [6, 6.07) is 4.66. The van der Waals surface area contributed by atoms with Gasteiger partial charge in [-0.05, 0) is 18.2 Å². The molecule has 5 nitrogen and oxygen atoms in total. The van der Waals surface area contributed by atoms with Crippen molar-refractivity contribution in [1.29, 1.82) is 0 Å². The highest BCUT2D eigenvalue weighted by molar-refractivity contribution is 7.89. The Bertz CT molecular complexity index is 799. The molecule has 0 saturated carbocycles. The maximum Gasteiger partial charge on any atom is 0.266 e. The van der Waals surface area contributed by atoms with Gasteiger partial charge in [-0.15, -0.1) is 11.3 Å². The Morgan fingerprint density at radius 1 is 1.33 bits per heavy atom. The van der Waals surface area contributed by atoms with Crippen LogP contribution in [-0.2, 0) is 16.6 Å². The number of sulfonamides is 1. The van der Waals surface area contributed by atoms with Crippen LogP contribution in [0.2, 0.25) is 9.36 Å². The van der Waals surface area contributed by atoms with Gasteiger partial charge in [0.25, 0.3) is 5.56 Å². The second-order valence-corrected chi connectivity index (χ2v) is 8.29. The number of hydrogen-bond acceptors (Lipinski definition) is 4. The van der Waals surface area contributed by atoms with E-state index in [1.54, 1.807) is 19.1 Å². The molecule has 9 heteroatoms. The normalized spacial score (nSPS) is 12.0. The van der Waals surface area contributed by atoms with Crippen molar-refractivity contribution in [3.63, 3.8) is 0 Å². The number of nitrogens with zero attached hydrogens (tertiary/aromatic N) is 1. The van der Waals surface area contributed by atoms with Gasteiger partial charge >= 0.3 is 0 Å². The molecule has 0 amide bonds. The monoisotopic (exact) mass is 366 g/mol. The summed E-state index contributed by atoms with van der Waals surface area (Å²) in [5.41, 5.74) is -0.524. The fourth-order valence-electron chi connectivity index (χ4n) is 1.71. The van der Waals surface area contributed by atoms with E-state index in [0.717, 1.165) is 17.1 Å². The van der Waals surface area contributed by atoms with Crippen LogP contribution in [0.15, 0.2) is 34.1 Å². The molecule has 0 bridgehead atoms. The molecule has 0 aliphatic heterocycles. The quantitative estimate of drug-likeness (QED) is 0.883. The number of hydrogen-bond donors (Lipinski definition) is 1. The lowest BCUT2D eigenvalue weighted by atomic mass is 10.4. The second kappa shape index (κ2) is 6.50. The molecule has 0 spiro atoms. The van der Waals surface area contributed by atoms with Crippen molar-refractivity contribution in [1.82, 2.24) is 9.29 Å². The molecule has 114 valence electrons. The average molecular weight is 367 g/mol. The maximum atomic E-state index is 12.6. The summed E-state index contributed by atoms with van der Waals surface area (Å²) in [5, 5.41) is -0.161. The SMILES string of the molecule is CCN(Cc1ccc(Cl)s1)S(=O)(=O)c1c[nH]c(=O)c(Cl)c1. The van der Waals surface area contributed by atoms with Gasteiger partial charge in [0, 0.05) is 24.2 Å². The third-order valence-electron chi connectivity index (χ3n) is 2.78. The third kappa shape index (κ3) is 3.67. The van der Waals surface area contributed by atoms with Crippen LogP contribution >= 0.6 is 34.5 Å². The van der Waals surface area contributed by atoms with Gasteiger partial charge in [-0.1, -0.05) is 30.1 Å². The molecular weight excluding hydrogens is 355 g/mol. The lowest BCUT2D eigenvalue weighted by Gasteiger charge is -2.19. The van der Waals surface area contributed by atoms with E-state index in [1.165, 1.54) is 15.6 Å². The predicted molar refractivity (Wildman–Crippen MR) is 84.7 cm³/mol. The molecule has 0 radical (unpaired) electrons. The van der Waals surface area contributed by atoms with Crippen LogP contribution in [0, 0.1) is 0 Å². The highest BCUT2D eigenvalue weighted by Crippen LogP contribution is 2.25. The molecule has 0 atom stereocenters. The first-order chi connectivity index (χ1) is 9.84. The molecule has 2 aromatic heterocycles. The van der Waals surface area contributed by atoms with Gasteiger partial charge in [0.15, 0.2) is 0 Å². The molecule has 1 N–H and O–H groups in total. The van der Waals surface area contributed by atoms with Crippen molar-refractivity contribution in [3.05, 3.63) is 49.0 Å². The zero-order valence-electron chi connectivity index (χ0n) is 11.0. The van der Waals surface area contributed by atoms with Crippen LogP contribution in [0.25, 0.3) is 0 Å². The van der Waals surface area contributed by atoms with E-state index in [-0.39, 0.29) is 23.0 Å². The molecule has 2 aromatic rings. The molecule has 2 heterocycles. The zero-order valence-corrected chi connectivity index (χ0v) is 14.1. The van der Waals surface area contributed by atoms with Gasteiger partial charge in [0.05, 0.1) is 9.23 Å². The van der Waals surface area contributed by atoms with Gasteiger partial charge in [0.1, 0.15) is 5.02 Å². The van der Waals surface area contributed by atoms with E-state index < -0.39 is 15.6 Å². The minimum Gasteiger partial charge on any atom is -0.326 e. The summed E-state index contributed by atoms with van der Waals surface area (Å²) in [7, 11) is -3.74. The summed E-state index contributed by atoms with van der Waals surface area (Å²) >= 11 is 12.9. The summed E-state index contributed by atoms with van der Waals surface area (Å²) < 4.78 is 27.0. The highest BCUT2D eigenvalue weighted by Gasteiger charge is 2.24. The molecule has 0 unspecified atom stereocenters. The largest absolute Gasteiger partial charge is 0.326 e. The van der Waals surface area contributed by atoms with E-state index in [9.17, 15) is 13.2 Å². The number of nitrogens with one attached hydrogen (secondary N) is 1. The van der Waals surface area contributed by atoms with E-state index in [0.29, 0.717) is 4.34 Å². The summed E-state index contributed by atoms with van der Waals surface area (Å²) in [4.78, 5) is 14.3. The highest BCUT2D eigenvalue weighted by atomic mass is 35.5. The van der Waals surface area contributed by atoms with Crippen molar-refractivity contribution in [2.45, 2.75) is 18.4 Å². The first kappa shape index (κ1) is 16.5. The van der Waals surface area contributed by atoms with Crippen molar-refractivity contribution in [2.75, 3.05) is 6.54 Å². The Morgan fingerprint density at radius 2 is 2.05 bits per heavy atom. The second-order valence-electron chi connectivity index (χ2n) is 4.15. The van der Waals surface area contributed by atoms with Gasteiger partial charge < -0.3 is 4.98 Å². The van der Waals surface area contributed by atoms with E-state index in [4.69, 9.17) is 23.2 Å². The summed E-state index contributed by atoms with van der Waals surface area (Å²) in [5.74, 6) is 0. The van der Waals surface area contributed by atoms with Gasteiger partial charge in [0.2, 0.25) is 10.0 Å². The number of H-pyrrole nitrogens is 1. The minimum atomic E-state index is -3.74. The number of pyridine rings is 1. The Labute approximate surface area is 136 Å². The topological polar surface area (TPSA) is 70.2 Å². The van der Waals surface area contributed by atoms with Crippen molar-refractivity contribution < 1.29 is 8.42 Å². The van der Waals surface area contributed by atoms with E-state index in [2.05, 4.69) is 4.98 Å². The lowest BCUT2D eigenvalue weighted by molar-refractivity contribution is 0.426. The Kier molecular flexibility index (Phi) is 5.11. The summed E-state index contributed by atoms with van der Waals surface area (Å²) in [6.07, 6.45) is 1.15. The Hall–Kier alpha value is -0.860. The van der Waals surface area contributed by atoms with E-state index >= 15 is 0 Å². The fourth-order valence-corrected chi connectivity index (χ4v) is 4.56. The third-order valence-corrected chi connectivity index (χ3v) is 6.18. The zero-order chi connectivity index (χ0) is 15.6. The number of aromatic amines is 1. The average Bonchev–Trinajstić information content (AvgIpc) is 2.84. The molecule has 0 aliphatic carbocycles. The number of thiophene rings is 1. The molecule has 2 rings (SSSR count). The van der Waals surface area contributed by atoms with Gasteiger partial charge in [-0.3, -0.25) is 4.79 Å². The molecule has 0 aliphatic rings. The minimum absolute atomic E-state index is 0.0448. The molecular formula is C12H12Cl2N2O3S2. The first-order valence-corrected chi connectivity index (χ1v) is 8.98. The van der Waals surface area contributed by atoms with Crippen LogP contribution in [0.4, 0.5) is 0 Å². The van der Waals surface area contributed by atoms with Crippen LogP contribution in [0.1, 0.15) is 11.8 Å². The van der Waals surface area contributed by atoms with Crippen LogP contribution in [-0.4, -0.2) is 24.3 Å². The van der Waals surface area contributed by atoms with Crippen molar-refractivity contribution in [2.24, 2.45) is 0 Å². The standard InChI is InChI=1S/C12H12Cl2N2O3S2/c1-2-16(7-8-3-4-11(14)20-8)21(18,19)9-5-10(13)12(17)15-6-9/h3-6H,2,7H2,1H3,(H,15,17). The van der Waals surface area contributed by atoms with Crippen LogP contribution in [0.5, 0.6) is 0 Å². The molecule has 0 aromatic carbocycles. The summed E-state index contributed by atoms with van der Waals surface area (Å²) in [6.45, 7) is 2.24. The van der Waals surface area contributed by atoms with Crippen LogP contribution < -0.4 is 5.56 Å². The Balaban J connectivity index is 2.34. The predicted octanol–water partition coefficient (Wildman–Crippen LogP) is 2.95. The van der Waals surface area contributed by atoms with E-state index in [1.807, 2.05) is 0 Å². The van der Waals surface area contributed by atoms with Crippen molar-refractivity contribution in [3.8, 4) is 0 Å². The lowest BCUT2D eigenvalue weighted by Crippen LogP contribution is -2.30. The Morgan fingerprint density at radius 3 is 2.57 bits per heavy atom. The fraction of sp³-hybridized carbons (Fsp3) is 0.250. The maximum absolute atomic E-state index is 12.6. The van der Waals surface area contributed by atoms with Crippen LogP contribution in [0.3, 0.4) is 0 Å². The number of rotatable bonds is 5. The molecule has 0 fully saturated rings. The first-order valence-electron chi connectivity index (χ1n) is 5.97. The molecule has 21 heavy (non-hydrogen) atoms. The molecule has 0 saturated heterocycles. The van der Waals surface area contributed by atoms with Crippen molar-refractivity contribution >= 4 is 44.6 Å². The van der Waals surface area contributed by atoms with Gasteiger partial charge in [-0.2, -0.15) is 4.31 Å². The number of halogens is 2. The van der Waals surface area contributed by atoms with Gasteiger partial charge in [-0.25, -0.2) is 8.42 Å². The smallest absolute Gasteiger partial charge is 0.266 e.